The van der Waals surface area contributed by atoms with E-state index in [1.165, 1.54) is 0 Å². The van der Waals surface area contributed by atoms with Crippen molar-refractivity contribution in [2.24, 2.45) is 0 Å². The highest BCUT2D eigenvalue weighted by molar-refractivity contribution is 6.16. The van der Waals surface area contributed by atoms with Gasteiger partial charge in [-0.2, -0.15) is 0 Å². The molecular weight excluding hydrogens is 707 g/mol. The Balaban J connectivity index is 0.000000184. The zero-order valence-electron chi connectivity index (χ0n) is 30.7. The van der Waals surface area contributed by atoms with Crippen molar-refractivity contribution in [3.05, 3.63) is 181 Å². The third-order valence-corrected chi connectivity index (χ3v) is 10.2. The lowest BCUT2D eigenvalue weighted by Crippen LogP contribution is -2.02. The number of benzene rings is 7. The Labute approximate surface area is 326 Å². The van der Waals surface area contributed by atoms with Gasteiger partial charge in [-0.15, -0.1) is 0 Å². The van der Waals surface area contributed by atoms with E-state index in [4.69, 9.17) is 39.3 Å². The van der Waals surface area contributed by atoms with Crippen molar-refractivity contribution >= 4 is 66.2 Å². The summed E-state index contributed by atoms with van der Waals surface area (Å²) in [6.07, 6.45) is 0. The fourth-order valence-electron chi connectivity index (χ4n) is 7.47. The Kier molecular flexibility index (Phi) is 8.15. The SMILES string of the molecule is Cc1cccc2oc3cccc(-c4nc(-c5ccccc5)nc(-c5cccc6c5oc5ccccc56)n4)c3c12.N=C(c1ccccc1)c1oc2ccccc2c1N. The molecule has 8 nitrogen and oxygen atoms in total. The van der Waals surface area contributed by atoms with Gasteiger partial charge in [0.2, 0.25) is 0 Å². The first-order valence-corrected chi connectivity index (χ1v) is 18.6. The van der Waals surface area contributed by atoms with Crippen LogP contribution in [0.1, 0.15) is 16.9 Å². The highest BCUT2D eigenvalue weighted by Crippen LogP contribution is 2.39. The van der Waals surface area contributed by atoms with Crippen molar-refractivity contribution in [1.82, 2.24) is 15.0 Å². The molecule has 0 spiro atoms. The quantitative estimate of drug-likeness (QED) is 0.168. The monoisotopic (exact) mass is 739 g/mol. The molecule has 0 radical (unpaired) electrons. The van der Waals surface area contributed by atoms with Gasteiger partial charge >= 0.3 is 0 Å². The Hall–Kier alpha value is -7.84. The van der Waals surface area contributed by atoms with E-state index < -0.39 is 0 Å². The van der Waals surface area contributed by atoms with Crippen LogP contribution < -0.4 is 5.73 Å². The van der Waals surface area contributed by atoms with Gasteiger partial charge in [0.05, 0.1) is 11.3 Å². The van der Waals surface area contributed by atoms with Gasteiger partial charge in [-0.25, -0.2) is 15.0 Å². The molecule has 0 aliphatic rings. The number of nitrogens with zero attached hydrogens (tertiary/aromatic N) is 3. The number of aromatic nitrogens is 3. The standard InChI is InChI=1S/C34H21N3O2.C15H12N2O/c1-20-10-7-18-27-29(20)30-24(15-9-19-28(30)38-27)33-35-32(21-11-3-2-4-12-21)36-34(37-33)25-16-8-14-23-22-13-5-6-17-26(22)39-31(23)25;16-13(10-6-2-1-3-7-10)15-14(17)11-8-4-5-9-12(11)18-15/h2-19H,1H3;1-9,16H,17H2. The largest absolute Gasteiger partial charge is 0.456 e. The predicted molar refractivity (Wildman–Crippen MR) is 228 cm³/mol. The van der Waals surface area contributed by atoms with E-state index in [9.17, 15) is 0 Å². The minimum atomic E-state index is 0.310. The number of hydrogen-bond donors (Lipinski definition) is 2. The second-order valence-electron chi connectivity index (χ2n) is 13.8. The van der Waals surface area contributed by atoms with Crippen LogP contribution in [0.3, 0.4) is 0 Å². The number of nitrogens with one attached hydrogen (secondary N) is 1. The maximum Gasteiger partial charge on any atom is 0.176 e. The lowest BCUT2D eigenvalue weighted by atomic mass is 10.0. The molecule has 7 aromatic carbocycles. The van der Waals surface area contributed by atoms with Gasteiger partial charge in [-0.3, -0.25) is 5.41 Å². The van der Waals surface area contributed by atoms with E-state index in [0.29, 0.717) is 40.2 Å². The molecule has 3 N–H and O–H groups in total. The van der Waals surface area contributed by atoms with Crippen LogP contribution in [-0.4, -0.2) is 20.7 Å². The van der Waals surface area contributed by atoms with E-state index in [0.717, 1.165) is 77.1 Å². The average Bonchev–Trinajstić information content (AvgIpc) is 3.96. The van der Waals surface area contributed by atoms with Gasteiger partial charge in [-0.05, 0) is 48.9 Å². The topological polar surface area (TPSA) is 128 Å². The second-order valence-corrected chi connectivity index (χ2v) is 13.8. The number of fused-ring (bicyclic) bond motifs is 7. The number of para-hydroxylation sites is 3. The van der Waals surface area contributed by atoms with Crippen molar-refractivity contribution < 1.29 is 13.3 Å². The summed E-state index contributed by atoms with van der Waals surface area (Å²) in [4.78, 5) is 15.0. The predicted octanol–water partition coefficient (Wildman–Crippen LogP) is 12.4. The highest BCUT2D eigenvalue weighted by Gasteiger charge is 2.21. The van der Waals surface area contributed by atoms with Crippen molar-refractivity contribution in [3.63, 3.8) is 0 Å². The first-order valence-electron chi connectivity index (χ1n) is 18.6. The van der Waals surface area contributed by atoms with Crippen molar-refractivity contribution in [2.75, 3.05) is 5.73 Å². The Morgan fingerprint density at radius 1 is 0.474 bits per heavy atom. The molecule has 0 amide bonds. The van der Waals surface area contributed by atoms with Crippen LogP contribution in [0.25, 0.3) is 89.0 Å². The maximum atomic E-state index is 8.17. The summed E-state index contributed by atoms with van der Waals surface area (Å²) in [6, 6.07) is 53.3. The van der Waals surface area contributed by atoms with Gasteiger partial charge < -0.3 is 19.0 Å². The van der Waals surface area contributed by atoms with Crippen LogP contribution in [0.4, 0.5) is 5.69 Å². The summed E-state index contributed by atoms with van der Waals surface area (Å²) in [5.41, 5.74) is 15.4. The maximum absolute atomic E-state index is 8.17. The van der Waals surface area contributed by atoms with E-state index in [1.807, 2.05) is 140 Å². The van der Waals surface area contributed by atoms with Gasteiger partial charge in [-0.1, -0.05) is 127 Å². The highest BCUT2D eigenvalue weighted by atomic mass is 16.3. The first kappa shape index (κ1) is 33.7. The number of nitrogen functional groups attached to an aromatic ring is 1. The van der Waals surface area contributed by atoms with Gasteiger partial charge in [0.1, 0.15) is 33.6 Å². The third kappa shape index (κ3) is 5.88. The number of furan rings is 3. The van der Waals surface area contributed by atoms with Crippen LogP contribution in [0.15, 0.2) is 177 Å². The molecule has 0 atom stereocenters. The van der Waals surface area contributed by atoms with Crippen LogP contribution in [0, 0.1) is 12.3 Å². The average molecular weight is 740 g/mol. The summed E-state index contributed by atoms with van der Waals surface area (Å²) >= 11 is 0. The summed E-state index contributed by atoms with van der Waals surface area (Å²) in [6.45, 7) is 2.10. The summed E-state index contributed by atoms with van der Waals surface area (Å²) in [5, 5.41) is 13.2. The van der Waals surface area contributed by atoms with Crippen LogP contribution in [-0.2, 0) is 0 Å². The van der Waals surface area contributed by atoms with Crippen LogP contribution in [0.5, 0.6) is 0 Å². The molecule has 0 saturated heterocycles. The molecular formula is C49H33N5O3. The normalized spacial score (nSPS) is 11.4. The molecule has 0 fully saturated rings. The van der Waals surface area contributed by atoms with E-state index in [-0.39, 0.29) is 0 Å². The van der Waals surface area contributed by atoms with Crippen LogP contribution >= 0.6 is 0 Å². The molecule has 4 aromatic heterocycles. The molecule has 0 saturated carbocycles. The fraction of sp³-hybridized carbons (Fsp3) is 0.0204. The van der Waals surface area contributed by atoms with E-state index in [2.05, 4.69) is 31.2 Å². The zero-order chi connectivity index (χ0) is 38.5. The number of hydrogen-bond acceptors (Lipinski definition) is 8. The molecule has 0 unspecified atom stereocenters. The molecule has 57 heavy (non-hydrogen) atoms. The van der Waals surface area contributed by atoms with E-state index >= 15 is 0 Å². The molecule has 272 valence electrons. The molecule has 0 aliphatic carbocycles. The van der Waals surface area contributed by atoms with Crippen LogP contribution in [0.2, 0.25) is 0 Å². The minimum Gasteiger partial charge on any atom is -0.456 e. The molecule has 11 rings (SSSR count). The summed E-state index contributed by atoms with van der Waals surface area (Å²) in [5.74, 6) is 2.18. The van der Waals surface area contributed by atoms with Gasteiger partial charge in [0, 0.05) is 43.6 Å². The van der Waals surface area contributed by atoms with Crippen molar-refractivity contribution in [3.8, 4) is 34.2 Å². The molecule has 4 heterocycles. The Morgan fingerprint density at radius 3 is 1.77 bits per heavy atom. The lowest BCUT2D eigenvalue weighted by Gasteiger charge is -2.09. The first-order chi connectivity index (χ1) is 28.0. The molecule has 0 bridgehead atoms. The zero-order valence-corrected chi connectivity index (χ0v) is 30.7. The number of nitrogens with two attached hydrogens (primary N) is 1. The second kappa shape index (κ2) is 13.8. The number of anilines is 1. The number of aryl methyl sites for hydroxylation is 1. The Morgan fingerprint density at radius 2 is 1.02 bits per heavy atom. The minimum absolute atomic E-state index is 0.310. The van der Waals surface area contributed by atoms with E-state index in [1.54, 1.807) is 0 Å². The molecule has 11 aromatic rings. The van der Waals surface area contributed by atoms with Gasteiger partial charge in [0.25, 0.3) is 0 Å². The van der Waals surface area contributed by atoms with Crippen molar-refractivity contribution in [2.45, 2.75) is 6.92 Å². The molecule has 8 heteroatoms. The fourth-order valence-corrected chi connectivity index (χ4v) is 7.47. The third-order valence-electron chi connectivity index (χ3n) is 10.2. The van der Waals surface area contributed by atoms with Crippen molar-refractivity contribution in [1.29, 1.82) is 5.41 Å². The Bertz CT molecular complexity index is 3290. The summed E-state index contributed by atoms with van der Waals surface area (Å²) in [7, 11) is 0. The van der Waals surface area contributed by atoms with Gasteiger partial charge in [0.15, 0.2) is 23.2 Å². The molecule has 0 aliphatic heterocycles. The summed E-state index contributed by atoms with van der Waals surface area (Å²) < 4.78 is 18.2. The lowest BCUT2D eigenvalue weighted by molar-refractivity contribution is 0.606. The smallest absolute Gasteiger partial charge is 0.176 e. The number of rotatable bonds is 5.